The molecular weight excluding hydrogens is 358 g/mol. The lowest BCUT2D eigenvalue weighted by Gasteiger charge is -2.16. The van der Waals surface area contributed by atoms with Gasteiger partial charge in [0.05, 0.1) is 5.75 Å². The minimum Gasteiger partial charge on any atom is -0.325 e. The molecule has 0 saturated heterocycles. The first-order valence-corrected chi connectivity index (χ1v) is 10.8. The fourth-order valence-electron chi connectivity index (χ4n) is 2.15. The largest absolute Gasteiger partial charge is 0.325 e. The smallest absolute Gasteiger partial charge is 0.234 e. The molecule has 1 heterocycles. The molecule has 0 fully saturated rings. The normalized spacial score (nSPS) is 11.0. The molecule has 1 aromatic carbocycles. The molecule has 1 amide bonds. The summed E-state index contributed by atoms with van der Waals surface area (Å²) < 4.78 is 1.82. The third-order valence-electron chi connectivity index (χ3n) is 3.34. The van der Waals surface area contributed by atoms with Crippen LogP contribution in [0.1, 0.15) is 44.2 Å². The molecule has 0 atom stereocenters. The maximum absolute atomic E-state index is 12.3. The van der Waals surface area contributed by atoms with Crippen LogP contribution < -0.4 is 5.32 Å². The number of hydrogen-bond acceptors (Lipinski definition) is 6. The van der Waals surface area contributed by atoms with E-state index in [4.69, 9.17) is 0 Å². The number of carbonyl (C=O) groups excluding carboxylic acids is 1. The van der Waals surface area contributed by atoms with Crippen LogP contribution in [0.5, 0.6) is 0 Å². The summed E-state index contributed by atoms with van der Waals surface area (Å²) in [5.74, 6) is 1.76. The van der Waals surface area contributed by atoms with Crippen molar-refractivity contribution in [3.8, 4) is 0 Å². The molecule has 0 saturated carbocycles. The molecule has 0 radical (unpaired) electrons. The van der Waals surface area contributed by atoms with Gasteiger partial charge in [-0.05, 0) is 30.4 Å². The summed E-state index contributed by atoms with van der Waals surface area (Å²) in [5.41, 5.74) is 3.20. The second-order valence-corrected chi connectivity index (χ2v) is 9.26. The monoisotopic (exact) mass is 381 g/mol. The number of thioether (sulfide) groups is 2. The van der Waals surface area contributed by atoms with Crippen LogP contribution in [0.4, 0.5) is 5.69 Å². The highest BCUT2D eigenvalue weighted by molar-refractivity contribution is 8.03. The number of nitrogens with zero attached hydrogens (tertiary/aromatic N) is 2. The number of benzene rings is 1. The number of para-hydroxylation sites is 1. The summed E-state index contributed by atoms with van der Waals surface area (Å²) in [5, 5.41) is 11.4. The Morgan fingerprint density at radius 3 is 2.62 bits per heavy atom. The van der Waals surface area contributed by atoms with Gasteiger partial charge in [0, 0.05) is 11.4 Å². The minimum absolute atomic E-state index is 0.00541. The predicted octanol–water partition coefficient (Wildman–Crippen LogP) is 5.20. The van der Waals surface area contributed by atoms with E-state index in [1.54, 1.807) is 23.1 Å². The summed E-state index contributed by atoms with van der Waals surface area (Å²) in [7, 11) is 0. The van der Waals surface area contributed by atoms with Gasteiger partial charge in [-0.3, -0.25) is 4.79 Å². The zero-order valence-electron chi connectivity index (χ0n) is 14.5. The summed E-state index contributed by atoms with van der Waals surface area (Å²) in [6.07, 6.45) is 1.11. The van der Waals surface area contributed by atoms with E-state index >= 15 is 0 Å². The van der Waals surface area contributed by atoms with Gasteiger partial charge in [0.1, 0.15) is 0 Å². The van der Waals surface area contributed by atoms with Crippen molar-refractivity contribution in [1.29, 1.82) is 0 Å². The highest BCUT2D eigenvalue weighted by Crippen LogP contribution is 2.30. The molecule has 0 bridgehead atoms. The van der Waals surface area contributed by atoms with Crippen LogP contribution >= 0.6 is 34.9 Å². The van der Waals surface area contributed by atoms with Gasteiger partial charge >= 0.3 is 0 Å². The van der Waals surface area contributed by atoms with E-state index in [0.29, 0.717) is 11.7 Å². The van der Waals surface area contributed by atoms with Crippen LogP contribution in [0.25, 0.3) is 0 Å². The summed E-state index contributed by atoms with van der Waals surface area (Å²) in [6, 6.07) is 6.13. The van der Waals surface area contributed by atoms with Crippen molar-refractivity contribution in [1.82, 2.24) is 10.2 Å². The van der Waals surface area contributed by atoms with Gasteiger partial charge in [0.15, 0.2) is 8.68 Å². The molecule has 0 aliphatic carbocycles. The zero-order chi connectivity index (χ0) is 17.5. The molecule has 0 aliphatic rings. The number of hydrogen-bond donors (Lipinski definition) is 1. The van der Waals surface area contributed by atoms with Crippen LogP contribution in [-0.4, -0.2) is 27.6 Å². The molecule has 0 spiro atoms. The lowest BCUT2D eigenvalue weighted by molar-refractivity contribution is -0.113. The Kier molecular flexibility index (Phi) is 7.58. The molecule has 24 heavy (non-hydrogen) atoms. The Hall–Kier alpha value is -1.05. The van der Waals surface area contributed by atoms with Crippen molar-refractivity contribution < 1.29 is 4.79 Å². The first-order valence-electron chi connectivity index (χ1n) is 7.99. The van der Waals surface area contributed by atoms with Gasteiger partial charge in [0.2, 0.25) is 5.91 Å². The fraction of sp³-hybridized carbons (Fsp3) is 0.471. The SMILES string of the molecule is CCCSc1nnc(SCC(=O)Nc2c(C)cccc2C(C)C)s1. The average molecular weight is 382 g/mol. The third kappa shape index (κ3) is 5.50. The van der Waals surface area contributed by atoms with E-state index in [1.165, 1.54) is 17.3 Å². The molecular formula is C17H23N3OS3. The molecule has 1 aromatic heterocycles. The Bertz CT molecular complexity index is 685. The van der Waals surface area contributed by atoms with E-state index < -0.39 is 0 Å². The van der Waals surface area contributed by atoms with Crippen LogP contribution in [-0.2, 0) is 4.79 Å². The standard InChI is InChI=1S/C17H23N3OS3/c1-5-9-22-16-19-20-17(24-16)23-10-14(21)18-15-12(4)7-6-8-13(15)11(2)3/h6-8,11H,5,9-10H2,1-4H3,(H,18,21). The fourth-order valence-corrected chi connectivity index (χ4v) is 4.89. The van der Waals surface area contributed by atoms with Gasteiger partial charge in [-0.1, -0.05) is 73.8 Å². The van der Waals surface area contributed by atoms with Crippen LogP contribution in [0.15, 0.2) is 26.9 Å². The van der Waals surface area contributed by atoms with E-state index in [9.17, 15) is 4.79 Å². The minimum atomic E-state index is -0.00541. The number of anilines is 1. The molecule has 0 unspecified atom stereocenters. The zero-order valence-corrected chi connectivity index (χ0v) is 16.9. The van der Waals surface area contributed by atoms with Crippen molar-refractivity contribution in [2.75, 3.05) is 16.8 Å². The lowest BCUT2D eigenvalue weighted by atomic mass is 9.98. The van der Waals surface area contributed by atoms with Gasteiger partial charge < -0.3 is 5.32 Å². The Balaban J connectivity index is 1.93. The van der Waals surface area contributed by atoms with E-state index in [1.807, 2.05) is 19.1 Å². The summed E-state index contributed by atoms with van der Waals surface area (Å²) in [6.45, 7) is 8.44. The van der Waals surface area contributed by atoms with Crippen molar-refractivity contribution in [3.63, 3.8) is 0 Å². The quantitative estimate of drug-likeness (QED) is 0.637. The second-order valence-electron chi connectivity index (χ2n) is 5.71. The van der Waals surface area contributed by atoms with Crippen molar-refractivity contribution in [2.24, 2.45) is 0 Å². The van der Waals surface area contributed by atoms with E-state index in [-0.39, 0.29) is 5.91 Å². The number of aromatic nitrogens is 2. The molecule has 2 aromatic rings. The number of amides is 1. The van der Waals surface area contributed by atoms with Gasteiger partial charge in [-0.15, -0.1) is 10.2 Å². The Morgan fingerprint density at radius 1 is 1.25 bits per heavy atom. The third-order valence-corrected chi connectivity index (χ3v) is 6.73. The van der Waals surface area contributed by atoms with Crippen molar-refractivity contribution in [2.45, 2.75) is 48.7 Å². The Labute approximate surface area is 156 Å². The van der Waals surface area contributed by atoms with Crippen LogP contribution in [0, 0.1) is 6.92 Å². The molecule has 1 N–H and O–H groups in total. The highest BCUT2D eigenvalue weighted by atomic mass is 32.2. The highest BCUT2D eigenvalue weighted by Gasteiger charge is 2.13. The van der Waals surface area contributed by atoms with E-state index in [2.05, 4.69) is 42.4 Å². The first kappa shape index (κ1) is 19.3. The van der Waals surface area contributed by atoms with Crippen LogP contribution in [0.3, 0.4) is 0 Å². The predicted molar refractivity (Wildman–Crippen MR) is 106 cm³/mol. The lowest BCUT2D eigenvalue weighted by Crippen LogP contribution is -2.16. The summed E-state index contributed by atoms with van der Waals surface area (Å²) in [4.78, 5) is 12.3. The molecule has 2 rings (SSSR count). The molecule has 4 nitrogen and oxygen atoms in total. The number of rotatable bonds is 8. The maximum atomic E-state index is 12.3. The number of aryl methyl sites for hydroxylation is 1. The van der Waals surface area contributed by atoms with Crippen LogP contribution in [0.2, 0.25) is 0 Å². The Morgan fingerprint density at radius 2 is 1.96 bits per heavy atom. The second kappa shape index (κ2) is 9.44. The summed E-state index contributed by atoms with van der Waals surface area (Å²) >= 11 is 4.71. The molecule has 130 valence electrons. The number of nitrogens with one attached hydrogen (secondary N) is 1. The molecule has 0 aliphatic heterocycles. The topological polar surface area (TPSA) is 54.9 Å². The average Bonchev–Trinajstić information content (AvgIpc) is 3.00. The van der Waals surface area contributed by atoms with Gasteiger partial charge in [-0.2, -0.15) is 0 Å². The van der Waals surface area contributed by atoms with E-state index in [0.717, 1.165) is 32.1 Å². The van der Waals surface area contributed by atoms with Crippen molar-refractivity contribution in [3.05, 3.63) is 29.3 Å². The van der Waals surface area contributed by atoms with Crippen molar-refractivity contribution >= 4 is 46.5 Å². The first-order chi connectivity index (χ1) is 11.5. The maximum Gasteiger partial charge on any atom is 0.234 e. The van der Waals surface area contributed by atoms with Gasteiger partial charge in [-0.25, -0.2) is 0 Å². The molecule has 7 heteroatoms. The van der Waals surface area contributed by atoms with Gasteiger partial charge in [0.25, 0.3) is 0 Å². The number of carbonyl (C=O) groups is 1.